The molecule has 1 amide bonds. The zero-order valence-electron chi connectivity index (χ0n) is 11.0. The maximum Gasteiger partial charge on any atom is 0.287 e. The van der Waals surface area contributed by atoms with Gasteiger partial charge in [-0.25, -0.2) is 14.3 Å². The number of nitrogens with one attached hydrogen (secondary N) is 1. The van der Waals surface area contributed by atoms with Gasteiger partial charge in [-0.15, -0.1) is 5.10 Å². The SMILES string of the molecule is NNC(=O)c1cn(CCN2CCCS(=O)(=O)CC2)nn1. The second-order valence-electron chi connectivity index (χ2n) is 4.69. The summed E-state index contributed by atoms with van der Waals surface area (Å²) in [6.45, 7) is 2.50. The van der Waals surface area contributed by atoms with Crippen LogP contribution in [0.5, 0.6) is 0 Å². The van der Waals surface area contributed by atoms with E-state index in [1.54, 1.807) is 4.68 Å². The Morgan fingerprint density at radius 2 is 2.15 bits per heavy atom. The van der Waals surface area contributed by atoms with Crippen molar-refractivity contribution >= 4 is 15.7 Å². The third-order valence-electron chi connectivity index (χ3n) is 3.20. The quantitative estimate of drug-likeness (QED) is 0.374. The van der Waals surface area contributed by atoms with Crippen LogP contribution in [0.15, 0.2) is 6.20 Å². The summed E-state index contributed by atoms with van der Waals surface area (Å²) in [5.74, 6) is 4.97. The van der Waals surface area contributed by atoms with E-state index in [1.165, 1.54) is 6.20 Å². The lowest BCUT2D eigenvalue weighted by molar-refractivity contribution is 0.0948. The van der Waals surface area contributed by atoms with Crippen LogP contribution in [-0.4, -0.2) is 65.4 Å². The Bertz CT molecular complexity index is 569. The predicted octanol–water partition coefficient (Wildman–Crippen LogP) is -2.00. The minimum absolute atomic E-state index is 0.158. The van der Waals surface area contributed by atoms with Crippen LogP contribution in [0, 0.1) is 0 Å². The first-order chi connectivity index (χ1) is 9.50. The number of carbonyl (C=O) groups excluding carboxylic acids is 1. The van der Waals surface area contributed by atoms with Crippen LogP contribution >= 0.6 is 0 Å². The van der Waals surface area contributed by atoms with E-state index in [1.807, 2.05) is 5.43 Å². The van der Waals surface area contributed by atoms with Crippen molar-refractivity contribution in [3.8, 4) is 0 Å². The molecule has 1 aromatic rings. The van der Waals surface area contributed by atoms with Crippen LogP contribution < -0.4 is 11.3 Å². The molecule has 0 unspecified atom stereocenters. The number of rotatable bonds is 4. The van der Waals surface area contributed by atoms with Gasteiger partial charge in [0.25, 0.3) is 5.91 Å². The molecule has 0 spiro atoms. The molecule has 1 fully saturated rings. The van der Waals surface area contributed by atoms with Gasteiger partial charge in [0, 0.05) is 13.1 Å². The number of hydrazine groups is 1. The molecule has 3 N–H and O–H groups in total. The molecule has 20 heavy (non-hydrogen) atoms. The van der Waals surface area contributed by atoms with Crippen molar-refractivity contribution in [2.24, 2.45) is 5.84 Å². The van der Waals surface area contributed by atoms with Crippen molar-refractivity contribution in [1.82, 2.24) is 25.3 Å². The van der Waals surface area contributed by atoms with Crippen LogP contribution in [0.2, 0.25) is 0 Å². The summed E-state index contributed by atoms with van der Waals surface area (Å²) in [5.41, 5.74) is 2.14. The summed E-state index contributed by atoms with van der Waals surface area (Å²) in [4.78, 5) is 13.3. The van der Waals surface area contributed by atoms with Crippen molar-refractivity contribution < 1.29 is 13.2 Å². The van der Waals surface area contributed by atoms with E-state index in [2.05, 4.69) is 15.2 Å². The molecule has 0 bridgehead atoms. The molecule has 1 aromatic heterocycles. The van der Waals surface area contributed by atoms with Crippen molar-refractivity contribution in [3.05, 3.63) is 11.9 Å². The Labute approximate surface area is 117 Å². The van der Waals surface area contributed by atoms with Gasteiger partial charge in [0.2, 0.25) is 0 Å². The summed E-state index contributed by atoms with van der Waals surface area (Å²) < 4.78 is 24.5. The molecular formula is C10H18N6O3S. The first kappa shape index (κ1) is 14.9. The second-order valence-corrected chi connectivity index (χ2v) is 6.99. The van der Waals surface area contributed by atoms with E-state index < -0.39 is 15.7 Å². The number of carbonyl (C=O) groups is 1. The Kier molecular flexibility index (Phi) is 4.68. The van der Waals surface area contributed by atoms with Gasteiger partial charge in [-0.3, -0.25) is 14.9 Å². The van der Waals surface area contributed by atoms with Crippen molar-refractivity contribution in [2.75, 3.05) is 31.1 Å². The van der Waals surface area contributed by atoms with E-state index in [0.29, 0.717) is 26.1 Å². The number of nitrogens with two attached hydrogens (primary N) is 1. The number of nitrogens with zero attached hydrogens (tertiary/aromatic N) is 4. The monoisotopic (exact) mass is 302 g/mol. The molecule has 1 saturated heterocycles. The average Bonchev–Trinajstić information content (AvgIpc) is 2.82. The number of sulfone groups is 1. The maximum atomic E-state index is 11.5. The lowest BCUT2D eigenvalue weighted by Crippen LogP contribution is -2.31. The molecule has 1 aliphatic heterocycles. The molecule has 2 rings (SSSR count). The highest BCUT2D eigenvalue weighted by molar-refractivity contribution is 7.91. The molecule has 2 heterocycles. The third-order valence-corrected chi connectivity index (χ3v) is 4.91. The maximum absolute atomic E-state index is 11.5. The molecule has 9 nitrogen and oxygen atoms in total. The van der Waals surface area contributed by atoms with Crippen LogP contribution in [0.4, 0.5) is 0 Å². The standard InChI is InChI=1S/C10H18N6O3S/c11-12-10(17)9-8-16(14-13-9)4-3-15-2-1-6-20(18,19)7-5-15/h8H,1-7,11H2,(H,12,17). The van der Waals surface area contributed by atoms with Crippen molar-refractivity contribution in [3.63, 3.8) is 0 Å². The van der Waals surface area contributed by atoms with Gasteiger partial charge < -0.3 is 4.90 Å². The summed E-state index contributed by atoms with van der Waals surface area (Å²) in [5, 5.41) is 7.53. The Morgan fingerprint density at radius 3 is 2.90 bits per heavy atom. The van der Waals surface area contributed by atoms with Gasteiger partial charge in [-0.2, -0.15) is 0 Å². The van der Waals surface area contributed by atoms with Crippen LogP contribution in [0.25, 0.3) is 0 Å². The minimum Gasteiger partial charge on any atom is -0.300 e. The Hall–Kier alpha value is -1.52. The number of amides is 1. The topological polar surface area (TPSA) is 123 Å². The highest BCUT2D eigenvalue weighted by Gasteiger charge is 2.19. The summed E-state index contributed by atoms with van der Waals surface area (Å²) in [7, 11) is -2.89. The molecule has 112 valence electrons. The number of hydrogen-bond donors (Lipinski definition) is 2. The molecular weight excluding hydrogens is 284 g/mol. The second kappa shape index (κ2) is 6.29. The van der Waals surface area contributed by atoms with Gasteiger partial charge in [0.15, 0.2) is 15.5 Å². The van der Waals surface area contributed by atoms with Crippen molar-refractivity contribution in [1.29, 1.82) is 0 Å². The van der Waals surface area contributed by atoms with E-state index in [9.17, 15) is 13.2 Å². The fraction of sp³-hybridized carbons (Fsp3) is 0.700. The van der Waals surface area contributed by atoms with Crippen LogP contribution in [0.3, 0.4) is 0 Å². The van der Waals surface area contributed by atoms with Gasteiger partial charge >= 0.3 is 0 Å². The van der Waals surface area contributed by atoms with Crippen LogP contribution in [-0.2, 0) is 16.4 Å². The van der Waals surface area contributed by atoms with Gasteiger partial charge in [-0.05, 0) is 13.0 Å². The molecule has 0 radical (unpaired) electrons. The smallest absolute Gasteiger partial charge is 0.287 e. The highest BCUT2D eigenvalue weighted by Crippen LogP contribution is 2.05. The average molecular weight is 302 g/mol. The number of aromatic nitrogens is 3. The van der Waals surface area contributed by atoms with E-state index in [4.69, 9.17) is 5.84 Å². The van der Waals surface area contributed by atoms with Gasteiger partial charge in [0.1, 0.15) is 0 Å². The Balaban J connectivity index is 1.86. The molecule has 0 atom stereocenters. The molecule has 10 heteroatoms. The highest BCUT2D eigenvalue weighted by atomic mass is 32.2. The minimum atomic E-state index is -2.89. The molecule has 1 aliphatic rings. The van der Waals surface area contributed by atoms with Crippen molar-refractivity contribution in [2.45, 2.75) is 13.0 Å². The van der Waals surface area contributed by atoms with E-state index in [-0.39, 0.29) is 17.2 Å². The lowest BCUT2D eigenvalue weighted by Gasteiger charge is -2.18. The van der Waals surface area contributed by atoms with E-state index >= 15 is 0 Å². The first-order valence-corrected chi connectivity index (χ1v) is 8.16. The lowest BCUT2D eigenvalue weighted by atomic mass is 10.4. The van der Waals surface area contributed by atoms with Crippen LogP contribution in [0.1, 0.15) is 16.9 Å². The number of hydrogen-bond acceptors (Lipinski definition) is 7. The summed E-state index contributed by atoms with van der Waals surface area (Å²) in [6, 6.07) is 0. The van der Waals surface area contributed by atoms with Gasteiger partial charge in [-0.1, -0.05) is 5.21 Å². The fourth-order valence-electron chi connectivity index (χ4n) is 2.04. The molecule has 0 saturated carbocycles. The summed E-state index contributed by atoms with van der Waals surface area (Å²) in [6.07, 6.45) is 2.16. The third kappa shape index (κ3) is 3.99. The first-order valence-electron chi connectivity index (χ1n) is 6.34. The predicted molar refractivity (Wildman–Crippen MR) is 71.4 cm³/mol. The van der Waals surface area contributed by atoms with Gasteiger partial charge in [0.05, 0.1) is 24.2 Å². The zero-order valence-corrected chi connectivity index (χ0v) is 11.8. The van der Waals surface area contributed by atoms with E-state index in [0.717, 1.165) is 6.54 Å². The molecule has 0 aliphatic carbocycles. The Morgan fingerprint density at radius 1 is 1.35 bits per heavy atom. The normalized spacial score (nSPS) is 19.4. The number of nitrogen functional groups attached to an aromatic ring is 1. The largest absolute Gasteiger partial charge is 0.300 e. The fourth-order valence-corrected chi connectivity index (χ4v) is 3.35. The zero-order chi connectivity index (χ0) is 14.6. The summed E-state index contributed by atoms with van der Waals surface area (Å²) >= 11 is 0. The molecule has 0 aromatic carbocycles.